The Morgan fingerprint density at radius 3 is 2.53 bits per heavy atom. The molecule has 1 aromatic rings. The molecule has 1 fully saturated rings. The van der Waals surface area contributed by atoms with Gasteiger partial charge in [0.15, 0.2) is 0 Å². The summed E-state index contributed by atoms with van der Waals surface area (Å²) in [5.41, 5.74) is 0.392. The van der Waals surface area contributed by atoms with E-state index in [0.29, 0.717) is 29.4 Å². The van der Waals surface area contributed by atoms with Crippen molar-refractivity contribution in [2.75, 3.05) is 19.6 Å². The third-order valence-corrected chi connectivity index (χ3v) is 4.47. The van der Waals surface area contributed by atoms with E-state index in [0.717, 1.165) is 24.9 Å². The SMILES string of the molecule is N#CC1(c2ccc(Cl)c(Cl)c2)CCN(CC=O)CC1. The van der Waals surface area contributed by atoms with E-state index in [1.54, 1.807) is 12.1 Å². The standard InChI is InChI=1S/C14H14Cl2N2O/c15-12-2-1-11(9-13(12)16)14(10-17)3-5-18(6-4-14)7-8-19/h1-2,8-9H,3-7H2. The minimum Gasteiger partial charge on any atom is -0.302 e. The Morgan fingerprint density at radius 1 is 1.32 bits per heavy atom. The van der Waals surface area contributed by atoms with Gasteiger partial charge in [-0.05, 0) is 30.5 Å². The normalized spacial score (nSPS) is 18.8. The summed E-state index contributed by atoms with van der Waals surface area (Å²) in [7, 11) is 0. The van der Waals surface area contributed by atoms with Gasteiger partial charge in [0.2, 0.25) is 0 Å². The van der Waals surface area contributed by atoms with Gasteiger partial charge in [-0.2, -0.15) is 5.26 Å². The number of piperidine rings is 1. The highest BCUT2D eigenvalue weighted by molar-refractivity contribution is 6.42. The zero-order valence-corrected chi connectivity index (χ0v) is 11.9. The van der Waals surface area contributed by atoms with Crippen molar-refractivity contribution in [1.82, 2.24) is 4.90 Å². The number of rotatable bonds is 3. The molecule has 0 saturated carbocycles. The lowest BCUT2D eigenvalue weighted by Gasteiger charge is -2.36. The van der Waals surface area contributed by atoms with Gasteiger partial charge in [0.25, 0.3) is 0 Å². The predicted molar refractivity (Wildman–Crippen MR) is 75.5 cm³/mol. The molecule has 0 N–H and O–H groups in total. The molecule has 1 aliphatic heterocycles. The number of likely N-dealkylation sites (tertiary alicyclic amines) is 1. The number of hydrogen-bond donors (Lipinski definition) is 0. The van der Waals surface area contributed by atoms with E-state index in [2.05, 4.69) is 11.0 Å². The molecule has 1 aromatic carbocycles. The molecule has 1 saturated heterocycles. The van der Waals surface area contributed by atoms with Crippen LogP contribution in [0.5, 0.6) is 0 Å². The molecule has 5 heteroatoms. The number of halogens is 2. The van der Waals surface area contributed by atoms with E-state index in [1.807, 2.05) is 6.07 Å². The number of aldehydes is 1. The Kier molecular flexibility index (Phi) is 4.46. The number of benzene rings is 1. The molecule has 0 radical (unpaired) electrons. The quantitative estimate of drug-likeness (QED) is 0.805. The number of hydrogen-bond acceptors (Lipinski definition) is 3. The second kappa shape index (κ2) is 5.92. The highest BCUT2D eigenvalue weighted by Crippen LogP contribution is 2.37. The summed E-state index contributed by atoms with van der Waals surface area (Å²) in [5, 5.41) is 10.5. The molecule has 100 valence electrons. The number of carbonyl (C=O) groups excluding carboxylic acids is 1. The first-order valence-electron chi connectivity index (χ1n) is 6.14. The van der Waals surface area contributed by atoms with Gasteiger partial charge in [0, 0.05) is 13.1 Å². The zero-order chi connectivity index (χ0) is 13.9. The Hall–Kier alpha value is -1.08. The molecule has 0 amide bonds. The fourth-order valence-electron chi connectivity index (χ4n) is 2.48. The lowest BCUT2D eigenvalue weighted by Crippen LogP contribution is -2.42. The summed E-state index contributed by atoms with van der Waals surface area (Å²) in [6.07, 6.45) is 2.31. The van der Waals surface area contributed by atoms with Crippen LogP contribution in [0.4, 0.5) is 0 Å². The smallest absolute Gasteiger partial charge is 0.133 e. The van der Waals surface area contributed by atoms with Gasteiger partial charge in [0.05, 0.1) is 28.1 Å². The molecule has 3 nitrogen and oxygen atoms in total. The van der Waals surface area contributed by atoms with Crippen LogP contribution in [-0.4, -0.2) is 30.8 Å². The lowest BCUT2D eigenvalue weighted by molar-refractivity contribution is -0.109. The third kappa shape index (κ3) is 2.92. The van der Waals surface area contributed by atoms with E-state index >= 15 is 0 Å². The van der Waals surface area contributed by atoms with Gasteiger partial charge in [-0.25, -0.2) is 0 Å². The molecule has 1 aliphatic rings. The Morgan fingerprint density at radius 2 is 2.00 bits per heavy atom. The van der Waals surface area contributed by atoms with Crippen molar-refractivity contribution >= 4 is 29.5 Å². The minimum atomic E-state index is -0.520. The largest absolute Gasteiger partial charge is 0.302 e. The predicted octanol–water partition coefficient (Wildman–Crippen LogP) is 3.05. The summed E-state index contributed by atoms with van der Waals surface area (Å²) in [6.45, 7) is 1.92. The van der Waals surface area contributed by atoms with Crippen molar-refractivity contribution in [2.24, 2.45) is 0 Å². The van der Waals surface area contributed by atoms with E-state index in [9.17, 15) is 10.1 Å². The van der Waals surface area contributed by atoms with Gasteiger partial charge >= 0.3 is 0 Å². The van der Waals surface area contributed by atoms with Crippen LogP contribution in [0.2, 0.25) is 10.0 Å². The highest BCUT2D eigenvalue weighted by Gasteiger charge is 2.36. The second-order valence-electron chi connectivity index (χ2n) is 4.79. The maximum Gasteiger partial charge on any atom is 0.133 e. The van der Waals surface area contributed by atoms with Gasteiger partial charge in [-0.1, -0.05) is 29.3 Å². The Labute approximate surface area is 122 Å². The molecule has 2 rings (SSSR count). The maximum atomic E-state index is 10.5. The van der Waals surface area contributed by atoms with Crippen LogP contribution in [0.1, 0.15) is 18.4 Å². The molecule has 0 aromatic heterocycles. The van der Waals surface area contributed by atoms with Crippen LogP contribution in [0.25, 0.3) is 0 Å². The van der Waals surface area contributed by atoms with Gasteiger partial charge in [0.1, 0.15) is 6.29 Å². The molecule has 0 unspecified atom stereocenters. The molecule has 0 atom stereocenters. The zero-order valence-electron chi connectivity index (χ0n) is 10.4. The van der Waals surface area contributed by atoms with Crippen LogP contribution in [0.15, 0.2) is 18.2 Å². The summed E-state index contributed by atoms with van der Waals surface area (Å²) in [5.74, 6) is 0. The van der Waals surface area contributed by atoms with Crippen LogP contribution in [0, 0.1) is 11.3 Å². The van der Waals surface area contributed by atoms with E-state index in [1.165, 1.54) is 0 Å². The fraction of sp³-hybridized carbons (Fsp3) is 0.429. The Balaban J connectivity index is 2.23. The van der Waals surface area contributed by atoms with Crippen molar-refractivity contribution in [2.45, 2.75) is 18.3 Å². The van der Waals surface area contributed by atoms with Crippen LogP contribution in [-0.2, 0) is 10.2 Å². The summed E-state index contributed by atoms with van der Waals surface area (Å²) >= 11 is 11.9. The van der Waals surface area contributed by atoms with Crippen molar-refractivity contribution in [3.63, 3.8) is 0 Å². The van der Waals surface area contributed by atoms with E-state index < -0.39 is 5.41 Å². The van der Waals surface area contributed by atoms with E-state index in [4.69, 9.17) is 23.2 Å². The van der Waals surface area contributed by atoms with E-state index in [-0.39, 0.29) is 0 Å². The summed E-state index contributed by atoms with van der Waals surface area (Å²) in [4.78, 5) is 12.6. The van der Waals surface area contributed by atoms with Gasteiger partial charge in [-0.3, -0.25) is 4.90 Å². The van der Waals surface area contributed by atoms with Crippen molar-refractivity contribution < 1.29 is 4.79 Å². The monoisotopic (exact) mass is 296 g/mol. The molecule has 19 heavy (non-hydrogen) atoms. The number of nitrogens with zero attached hydrogens (tertiary/aromatic N) is 2. The van der Waals surface area contributed by atoms with Gasteiger partial charge < -0.3 is 4.79 Å². The molecular formula is C14H14Cl2N2O. The summed E-state index contributed by atoms with van der Waals surface area (Å²) in [6, 6.07) is 7.81. The maximum absolute atomic E-state index is 10.5. The van der Waals surface area contributed by atoms with Crippen LogP contribution >= 0.6 is 23.2 Å². The topological polar surface area (TPSA) is 44.1 Å². The molecule has 0 bridgehead atoms. The first-order valence-corrected chi connectivity index (χ1v) is 6.90. The molecule has 0 spiro atoms. The van der Waals surface area contributed by atoms with Crippen molar-refractivity contribution in [3.8, 4) is 6.07 Å². The lowest BCUT2D eigenvalue weighted by atomic mass is 9.74. The average Bonchev–Trinajstić information content (AvgIpc) is 2.43. The molecular weight excluding hydrogens is 283 g/mol. The average molecular weight is 297 g/mol. The molecule has 0 aliphatic carbocycles. The first kappa shape index (κ1) is 14.3. The molecule has 1 heterocycles. The Bertz CT molecular complexity index is 517. The number of nitriles is 1. The highest BCUT2D eigenvalue weighted by atomic mass is 35.5. The third-order valence-electron chi connectivity index (χ3n) is 3.73. The number of carbonyl (C=O) groups is 1. The van der Waals surface area contributed by atoms with Crippen LogP contribution < -0.4 is 0 Å². The first-order chi connectivity index (χ1) is 9.11. The summed E-state index contributed by atoms with van der Waals surface area (Å²) < 4.78 is 0. The second-order valence-corrected chi connectivity index (χ2v) is 5.60. The van der Waals surface area contributed by atoms with Crippen LogP contribution in [0.3, 0.4) is 0 Å². The van der Waals surface area contributed by atoms with Crippen molar-refractivity contribution in [1.29, 1.82) is 5.26 Å². The minimum absolute atomic E-state index is 0.433. The van der Waals surface area contributed by atoms with Gasteiger partial charge in [-0.15, -0.1) is 0 Å². The fourth-order valence-corrected chi connectivity index (χ4v) is 2.78. The van der Waals surface area contributed by atoms with Crippen molar-refractivity contribution in [3.05, 3.63) is 33.8 Å².